The number of carbonyl (C=O) groups excluding carboxylic acids is 5. The number of fused-ring (bicyclic) bond motifs is 3. The number of ether oxygens (including phenoxy) is 2. The first-order chi connectivity index (χ1) is 26.4. The Hall–Kier alpha value is -4.20. The Morgan fingerprint density at radius 2 is 1.82 bits per heavy atom. The minimum absolute atomic E-state index is 0.182. The summed E-state index contributed by atoms with van der Waals surface area (Å²) in [5, 5.41) is 2.57. The van der Waals surface area contributed by atoms with Crippen LogP contribution in [0.25, 0.3) is 0 Å². The summed E-state index contributed by atoms with van der Waals surface area (Å²) in [5.74, 6) is -5.34. The van der Waals surface area contributed by atoms with E-state index in [0.29, 0.717) is 25.7 Å². The lowest BCUT2D eigenvalue weighted by molar-refractivity contribution is -0.159. The van der Waals surface area contributed by atoms with Crippen LogP contribution in [-0.2, 0) is 52.0 Å². The van der Waals surface area contributed by atoms with Crippen LogP contribution >= 0.6 is 0 Å². The van der Waals surface area contributed by atoms with Crippen molar-refractivity contribution in [3.8, 4) is 0 Å². The number of benzene rings is 1. The predicted octanol–water partition coefficient (Wildman–Crippen LogP) is 2.93. The fourth-order valence-electron chi connectivity index (χ4n) is 6.78. The van der Waals surface area contributed by atoms with Crippen LogP contribution in [0.2, 0.25) is 0 Å². The van der Waals surface area contributed by atoms with Gasteiger partial charge < -0.3 is 19.7 Å². The summed E-state index contributed by atoms with van der Waals surface area (Å²) in [4.78, 5) is 71.8. The van der Waals surface area contributed by atoms with E-state index >= 15 is 0 Å². The van der Waals surface area contributed by atoms with Crippen LogP contribution in [0.4, 0.5) is 4.79 Å². The molecule has 0 spiro atoms. The lowest BCUT2D eigenvalue weighted by atomic mass is 9.95. The molecule has 0 aromatic heterocycles. The first kappa shape index (κ1) is 30.4. The minimum Gasteiger partial charge on any atom is -0.460 e. The molecule has 3 heterocycles. The van der Waals surface area contributed by atoms with Gasteiger partial charge >= 0.3 is 22.3 Å². The smallest absolute Gasteiger partial charge is 0.410 e. The van der Waals surface area contributed by atoms with Gasteiger partial charge in [-0.15, -0.1) is 5.73 Å². The van der Waals surface area contributed by atoms with E-state index in [4.69, 9.17) is 17.7 Å². The lowest BCUT2D eigenvalue weighted by Gasteiger charge is -2.30. The molecule has 1 saturated heterocycles. The molecule has 5 rings (SSSR count). The highest BCUT2D eigenvalue weighted by Crippen LogP contribution is 2.45. The molecule has 2 N–H and O–H groups in total. The van der Waals surface area contributed by atoms with Crippen molar-refractivity contribution in [2.24, 2.45) is 11.8 Å². The zero-order valence-corrected chi connectivity index (χ0v) is 29.8. The summed E-state index contributed by atoms with van der Waals surface area (Å²) in [6, 6.07) is 6.11. The highest BCUT2D eigenvalue weighted by molar-refractivity contribution is 7.87. The molecule has 2 fully saturated rings. The molecule has 4 amide bonds. The molecule has 51 heavy (non-hydrogen) atoms. The number of esters is 1. The molecular formula is C36H49N5O9S. The molecule has 1 aromatic carbocycles. The molecule has 0 bridgehead atoms. The highest BCUT2D eigenvalue weighted by atomic mass is 32.2. The van der Waals surface area contributed by atoms with E-state index in [1.54, 1.807) is 31.6 Å². The largest absolute Gasteiger partial charge is 0.460 e. The van der Waals surface area contributed by atoms with Crippen LogP contribution in [-0.4, -0.2) is 96.1 Å². The molecule has 5 atom stereocenters. The maximum absolute atomic E-state index is 14.5. The van der Waals surface area contributed by atoms with Crippen LogP contribution < -0.4 is 10.0 Å². The number of nitrogens with one attached hydrogen (secondary N) is 2. The van der Waals surface area contributed by atoms with Gasteiger partial charge in [0.25, 0.3) is 5.91 Å². The molecule has 1 aliphatic carbocycles. The number of carbonyl (C=O) groups is 5. The second-order valence-corrected chi connectivity index (χ2v) is 16.0. The Morgan fingerprint density at radius 1 is 1.12 bits per heavy atom. The molecule has 1 saturated carbocycles. The quantitative estimate of drug-likeness (QED) is 0.330. The average Bonchev–Trinajstić information content (AvgIpc) is 3.37. The number of amides is 4. The van der Waals surface area contributed by atoms with Crippen molar-refractivity contribution in [3.05, 3.63) is 53.3 Å². The highest BCUT2D eigenvalue weighted by Gasteiger charge is 2.62. The van der Waals surface area contributed by atoms with Crippen LogP contribution in [0.3, 0.4) is 0 Å². The standard InChI is InChI=1S/C36H49N5O9S/c1-35(2,3)50-30(42)18-24-14-10-8-6-7-9-11-17-27-20-36(27,33(45)38-51(47,48)39(4)5)37-31(43)29-19-28(23-41(29)32(24)44)49-34(46)40-21-25-15-12-13-16-26(25)22-40/h9,12-13,15-17,24,27-29H,6-8,10,14,18-23H2,1-5H3,(H,37,43)(H,38,45)/t11?,24-,27-,28-,29+,36-/m1/s1/i4D3,5D3. The number of nitrogens with zero attached hydrogens (tertiary/aromatic N) is 3. The van der Waals surface area contributed by atoms with Gasteiger partial charge in [0.05, 0.1) is 13.0 Å². The van der Waals surface area contributed by atoms with E-state index in [1.165, 1.54) is 15.9 Å². The normalized spacial score (nSPS) is 29.2. The summed E-state index contributed by atoms with van der Waals surface area (Å²) in [6.45, 7) is -2.01. The van der Waals surface area contributed by atoms with Crippen LogP contribution in [0, 0.1) is 11.8 Å². The van der Waals surface area contributed by atoms with Gasteiger partial charge in [0.15, 0.2) is 0 Å². The van der Waals surface area contributed by atoms with Crippen molar-refractivity contribution in [2.45, 2.75) is 109 Å². The second kappa shape index (κ2) is 15.2. The Labute approximate surface area is 308 Å². The minimum atomic E-state index is -5.55. The van der Waals surface area contributed by atoms with Gasteiger partial charge in [0.1, 0.15) is 23.3 Å². The van der Waals surface area contributed by atoms with E-state index in [-0.39, 0.29) is 45.3 Å². The van der Waals surface area contributed by atoms with Crippen LogP contribution in [0.5, 0.6) is 0 Å². The van der Waals surface area contributed by atoms with E-state index in [2.05, 4.69) is 11.0 Å². The molecule has 0 unspecified atom stereocenters. The van der Waals surface area contributed by atoms with Crippen molar-refractivity contribution in [1.29, 1.82) is 0 Å². The van der Waals surface area contributed by atoms with E-state index in [0.717, 1.165) is 11.1 Å². The molecule has 0 radical (unpaired) electrons. The van der Waals surface area contributed by atoms with Crippen molar-refractivity contribution < 1.29 is 50.1 Å². The Balaban J connectivity index is 1.46. The number of hydrogen-bond donors (Lipinski definition) is 2. The van der Waals surface area contributed by atoms with Gasteiger partial charge in [-0.05, 0) is 69.7 Å². The first-order valence-electron chi connectivity index (χ1n) is 20.1. The third kappa shape index (κ3) is 9.19. The summed E-state index contributed by atoms with van der Waals surface area (Å²) < 4.78 is 83.8. The number of rotatable bonds is 6. The van der Waals surface area contributed by atoms with Crippen molar-refractivity contribution in [1.82, 2.24) is 24.1 Å². The van der Waals surface area contributed by atoms with Gasteiger partial charge in [-0.3, -0.25) is 24.1 Å². The molecular weight excluding hydrogens is 678 g/mol. The fourth-order valence-corrected chi connectivity index (χ4v) is 7.28. The van der Waals surface area contributed by atoms with Gasteiger partial charge in [0, 0.05) is 53.5 Å². The molecule has 278 valence electrons. The van der Waals surface area contributed by atoms with Crippen molar-refractivity contribution in [3.63, 3.8) is 0 Å². The first-order valence-corrected chi connectivity index (χ1v) is 18.5. The Bertz CT molecular complexity index is 1890. The van der Waals surface area contributed by atoms with E-state index < -0.39 is 93.4 Å². The Morgan fingerprint density at radius 3 is 2.49 bits per heavy atom. The van der Waals surface area contributed by atoms with Crippen LogP contribution in [0.1, 0.15) is 91.5 Å². The predicted molar refractivity (Wildman–Crippen MR) is 185 cm³/mol. The Kier molecular flexibility index (Phi) is 9.06. The fraction of sp³-hybridized carbons (Fsp3) is 0.611. The summed E-state index contributed by atoms with van der Waals surface area (Å²) in [6.07, 6.45) is 3.52. The van der Waals surface area contributed by atoms with Gasteiger partial charge in [0.2, 0.25) is 11.8 Å². The third-order valence-electron chi connectivity index (χ3n) is 9.44. The molecule has 4 aliphatic rings. The van der Waals surface area contributed by atoms with Crippen molar-refractivity contribution in [2.75, 3.05) is 20.5 Å². The zero-order valence-electron chi connectivity index (χ0n) is 35.0. The molecule has 14 nitrogen and oxygen atoms in total. The molecule has 1 aromatic rings. The number of hydrogen-bond acceptors (Lipinski definition) is 9. The van der Waals surface area contributed by atoms with E-state index in [9.17, 15) is 32.4 Å². The maximum atomic E-state index is 14.5. The SMILES string of the molecule is [2H]C([2H])([2H])N(C([2H])([2H])[2H])S(=O)(=O)NC(=O)[C@@]12C[C@H]1C=C=CCCCCC[C@H](CC(=O)OC(C)(C)C)C(=O)N1C[C@H](OC(=O)N3Cc4ccccc4C3)C[C@H]1C(=O)N2. The van der Waals surface area contributed by atoms with Gasteiger partial charge in [-0.25, -0.2) is 9.52 Å². The topological polar surface area (TPSA) is 172 Å². The average molecular weight is 734 g/mol. The van der Waals surface area contributed by atoms with Gasteiger partial charge in [-0.1, -0.05) is 37.1 Å². The third-order valence-corrected chi connectivity index (χ3v) is 10.4. The zero-order chi connectivity index (χ0) is 42.1. The van der Waals surface area contributed by atoms with Gasteiger partial charge in [-0.2, -0.15) is 12.7 Å². The van der Waals surface area contributed by atoms with E-state index in [1.807, 2.05) is 24.3 Å². The van der Waals surface area contributed by atoms with Crippen LogP contribution in [0.15, 0.2) is 42.1 Å². The molecule has 3 aliphatic heterocycles. The second-order valence-electron chi connectivity index (χ2n) is 14.5. The summed E-state index contributed by atoms with van der Waals surface area (Å²) >= 11 is 0. The summed E-state index contributed by atoms with van der Waals surface area (Å²) in [5.41, 5.74) is 1.97. The van der Waals surface area contributed by atoms with Crippen molar-refractivity contribution >= 4 is 40.0 Å². The molecule has 15 heteroatoms. The monoisotopic (exact) mass is 733 g/mol. The lowest BCUT2D eigenvalue weighted by Crippen LogP contribution is -2.57. The summed E-state index contributed by atoms with van der Waals surface area (Å²) in [7, 11) is -5.55. The maximum Gasteiger partial charge on any atom is 0.410 e.